The first-order valence-electron chi connectivity index (χ1n) is 7.79. The molecule has 3 N–H and O–H groups in total. The third-order valence-electron chi connectivity index (χ3n) is 4.03. The molecular formula is C15H26N4O2S. The van der Waals surface area contributed by atoms with Crippen molar-refractivity contribution in [1.29, 1.82) is 0 Å². The molecule has 0 bridgehead atoms. The lowest BCUT2D eigenvalue weighted by Gasteiger charge is -2.27. The number of guanidine groups is 1. The highest BCUT2D eigenvalue weighted by molar-refractivity contribution is 7.09. The first-order chi connectivity index (χ1) is 10.7. The van der Waals surface area contributed by atoms with Gasteiger partial charge < -0.3 is 20.5 Å². The number of hydrogen-bond acceptors (Lipinski definition) is 5. The van der Waals surface area contributed by atoms with Crippen LogP contribution in [0.5, 0.6) is 0 Å². The maximum absolute atomic E-state index is 9.28. The van der Waals surface area contributed by atoms with Crippen LogP contribution in [0.4, 0.5) is 0 Å². The van der Waals surface area contributed by atoms with E-state index in [0.717, 1.165) is 44.2 Å². The van der Waals surface area contributed by atoms with Crippen LogP contribution >= 0.6 is 11.3 Å². The van der Waals surface area contributed by atoms with Crippen molar-refractivity contribution in [3.8, 4) is 0 Å². The van der Waals surface area contributed by atoms with Gasteiger partial charge in [-0.3, -0.25) is 0 Å². The van der Waals surface area contributed by atoms with E-state index in [9.17, 15) is 5.11 Å². The number of ether oxygens (including phenoxy) is 1. The van der Waals surface area contributed by atoms with Gasteiger partial charge >= 0.3 is 0 Å². The first kappa shape index (κ1) is 17.2. The van der Waals surface area contributed by atoms with Gasteiger partial charge in [0.2, 0.25) is 0 Å². The fraction of sp³-hybridized carbons (Fsp3) is 0.733. The second-order valence-electron chi connectivity index (χ2n) is 5.69. The van der Waals surface area contributed by atoms with Crippen LogP contribution in [0.1, 0.15) is 30.3 Å². The number of aliphatic imine (C=N–C) groups is 1. The lowest BCUT2D eigenvalue weighted by atomic mass is 9.84. The van der Waals surface area contributed by atoms with E-state index >= 15 is 0 Å². The lowest BCUT2D eigenvalue weighted by Crippen LogP contribution is -2.44. The van der Waals surface area contributed by atoms with Crippen LogP contribution in [0.25, 0.3) is 0 Å². The Hall–Kier alpha value is -1.18. The molecule has 0 saturated carbocycles. The Morgan fingerprint density at radius 2 is 2.41 bits per heavy atom. The summed E-state index contributed by atoms with van der Waals surface area (Å²) >= 11 is 1.63. The molecule has 0 spiro atoms. The molecular weight excluding hydrogens is 300 g/mol. The minimum absolute atomic E-state index is 0.0192. The normalized spacial score (nSPS) is 22.0. The standard InChI is InChI=1S/C15H26N4O2S/c1-3-16-14(17-8-13-12(2)19-11-22-13)18-9-15(4-6-20)5-7-21-10-15/h11,20H,3-10H2,1-2H3,(H2,16,17,18). The van der Waals surface area contributed by atoms with Crippen LogP contribution in [0.15, 0.2) is 10.5 Å². The Bertz CT molecular complexity index is 484. The molecule has 0 aromatic carbocycles. The molecule has 1 aliphatic rings. The van der Waals surface area contributed by atoms with Gasteiger partial charge in [-0.15, -0.1) is 11.3 Å². The summed E-state index contributed by atoms with van der Waals surface area (Å²) in [6.07, 6.45) is 1.74. The zero-order valence-corrected chi connectivity index (χ0v) is 14.2. The lowest BCUT2D eigenvalue weighted by molar-refractivity contribution is 0.127. The van der Waals surface area contributed by atoms with E-state index in [1.807, 2.05) is 12.4 Å². The third kappa shape index (κ3) is 4.66. The molecule has 2 rings (SSSR count). The zero-order chi connectivity index (χ0) is 15.8. The van der Waals surface area contributed by atoms with E-state index in [2.05, 4.69) is 27.5 Å². The van der Waals surface area contributed by atoms with Crippen molar-refractivity contribution in [2.24, 2.45) is 10.4 Å². The van der Waals surface area contributed by atoms with E-state index in [-0.39, 0.29) is 12.0 Å². The van der Waals surface area contributed by atoms with E-state index < -0.39 is 0 Å². The summed E-state index contributed by atoms with van der Waals surface area (Å²) in [5, 5.41) is 16.0. The highest BCUT2D eigenvalue weighted by atomic mass is 32.1. The maximum atomic E-state index is 9.28. The van der Waals surface area contributed by atoms with Crippen molar-refractivity contribution in [1.82, 2.24) is 15.6 Å². The van der Waals surface area contributed by atoms with E-state index in [0.29, 0.717) is 13.2 Å². The molecule has 1 atom stereocenters. The Kier molecular flexibility index (Phi) is 6.60. The minimum Gasteiger partial charge on any atom is -0.396 e. The van der Waals surface area contributed by atoms with Crippen LogP contribution in [-0.2, 0) is 11.3 Å². The van der Waals surface area contributed by atoms with Gasteiger partial charge in [-0.2, -0.15) is 0 Å². The zero-order valence-electron chi connectivity index (χ0n) is 13.4. The number of aryl methyl sites for hydroxylation is 1. The molecule has 2 heterocycles. The van der Waals surface area contributed by atoms with Crippen LogP contribution in [0, 0.1) is 12.3 Å². The Labute approximate surface area is 136 Å². The molecule has 1 unspecified atom stereocenters. The fourth-order valence-electron chi connectivity index (χ4n) is 2.55. The molecule has 0 radical (unpaired) electrons. The molecule has 22 heavy (non-hydrogen) atoms. The molecule has 6 nitrogen and oxygen atoms in total. The monoisotopic (exact) mass is 326 g/mol. The highest BCUT2D eigenvalue weighted by Crippen LogP contribution is 2.31. The van der Waals surface area contributed by atoms with E-state index in [1.54, 1.807) is 11.3 Å². The topological polar surface area (TPSA) is 78.8 Å². The number of aliphatic hydroxyl groups is 1. The van der Waals surface area contributed by atoms with Gasteiger partial charge in [0.15, 0.2) is 5.96 Å². The number of hydrogen-bond donors (Lipinski definition) is 3. The summed E-state index contributed by atoms with van der Waals surface area (Å²) in [7, 11) is 0. The predicted octanol–water partition coefficient (Wildman–Crippen LogP) is 1.30. The van der Waals surface area contributed by atoms with Crippen LogP contribution in [0.3, 0.4) is 0 Å². The molecule has 0 aliphatic carbocycles. The third-order valence-corrected chi connectivity index (χ3v) is 4.95. The first-order valence-corrected chi connectivity index (χ1v) is 8.67. The van der Waals surface area contributed by atoms with Crippen molar-refractivity contribution >= 4 is 17.3 Å². The van der Waals surface area contributed by atoms with Crippen LogP contribution in [0.2, 0.25) is 0 Å². The molecule has 124 valence electrons. The van der Waals surface area contributed by atoms with Gasteiger partial charge in [0.25, 0.3) is 0 Å². The van der Waals surface area contributed by atoms with Crippen molar-refractivity contribution in [2.75, 3.05) is 32.9 Å². The van der Waals surface area contributed by atoms with E-state index in [4.69, 9.17) is 4.74 Å². The number of aliphatic hydroxyl groups excluding tert-OH is 1. The van der Waals surface area contributed by atoms with Crippen molar-refractivity contribution in [3.63, 3.8) is 0 Å². The molecule has 1 saturated heterocycles. The summed E-state index contributed by atoms with van der Waals surface area (Å²) in [4.78, 5) is 10.1. The van der Waals surface area contributed by atoms with Gasteiger partial charge in [0.05, 0.1) is 24.4 Å². The maximum Gasteiger partial charge on any atom is 0.191 e. The number of rotatable bonds is 7. The van der Waals surface area contributed by atoms with Crippen molar-refractivity contribution < 1.29 is 9.84 Å². The van der Waals surface area contributed by atoms with Crippen molar-refractivity contribution in [2.45, 2.75) is 33.2 Å². The fourth-order valence-corrected chi connectivity index (χ4v) is 3.25. The van der Waals surface area contributed by atoms with Gasteiger partial charge in [0.1, 0.15) is 0 Å². The number of thiazole rings is 1. The van der Waals surface area contributed by atoms with Gasteiger partial charge in [0, 0.05) is 36.6 Å². The molecule has 1 aliphatic heterocycles. The summed E-state index contributed by atoms with van der Waals surface area (Å²) in [5.41, 5.74) is 2.92. The molecule has 1 aromatic rings. The quantitative estimate of drug-likeness (QED) is 0.520. The molecule has 1 aromatic heterocycles. The largest absolute Gasteiger partial charge is 0.396 e. The summed E-state index contributed by atoms with van der Waals surface area (Å²) in [5.74, 6) is 0.805. The molecule has 1 fully saturated rings. The summed E-state index contributed by atoms with van der Waals surface area (Å²) in [6, 6.07) is 0. The Morgan fingerprint density at radius 3 is 3.00 bits per heavy atom. The summed E-state index contributed by atoms with van der Waals surface area (Å²) < 4.78 is 5.52. The van der Waals surface area contributed by atoms with Crippen LogP contribution in [-0.4, -0.2) is 49.0 Å². The number of nitrogens with one attached hydrogen (secondary N) is 2. The number of nitrogens with zero attached hydrogens (tertiary/aromatic N) is 2. The number of aromatic nitrogens is 1. The molecule has 0 amide bonds. The molecule has 7 heteroatoms. The van der Waals surface area contributed by atoms with Gasteiger partial charge in [-0.25, -0.2) is 9.98 Å². The second-order valence-corrected chi connectivity index (χ2v) is 6.63. The average Bonchev–Trinajstić information content (AvgIpc) is 3.12. The predicted molar refractivity (Wildman–Crippen MR) is 89.2 cm³/mol. The van der Waals surface area contributed by atoms with E-state index in [1.165, 1.54) is 4.88 Å². The average molecular weight is 326 g/mol. The SMILES string of the molecule is CCNC(=NCc1scnc1C)NCC1(CCO)CCOC1. The van der Waals surface area contributed by atoms with Crippen LogP contribution < -0.4 is 10.6 Å². The summed E-state index contributed by atoms with van der Waals surface area (Å²) in [6.45, 7) is 7.95. The Balaban J connectivity index is 1.94. The highest BCUT2D eigenvalue weighted by Gasteiger charge is 2.34. The van der Waals surface area contributed by atoms with Gasteiger partial charge in [-0.05, 0) is 26.7 Å². The minimum atomic E-state index is 0.0192. The van der Waals surface area contributed by atoms with Crippen molar-refractivity contribution in [3.05, 3.63) is 16.1 Å². The Morgan fingerprint density at radius 1 is 1.55 bits per heavy atom. The second kappa shape index (κ2) is 8.45. The smallest absolute Gasteiger partial charge is 0.191 e. The van der Waals surface area contributed by atoms with Gasteiger partial charge in [-0.1, -0.05) is 0 Å².